The third kappa shape index (κ3) is 5.53. The summed E-state index contributed by atoms with van der Waals surface area (Å²) in [5.74, 6) is 0.171. The van der Waals surface area contributed by atoms with Crippen LogP contribution in [0.15, 0.2) is 48.5 Å². The van der Waals surface area contributed by atoms with Crippen molar-refractivity contribution < 1.29 is 18.7 Å². The quantitative estimate of drug-likeness (QED) is 0.420. The van der Waals surface area contributed by atoms with Crippen molar-refractivity contribution >= 4 is 23.2 Å². The Balaban J connectivity index is 1.32. The van der Waals surface area contributed by atoms with Crippen molar-refractivity contribution in [3.8, 4) is 5.75 Å². The molecule has 2 saturated heterocycles. The van der Waals surface area contributed by atoms with E-state index in [0.29, 0.717) is 25.4 Å². The smallest absolute Gasteiger partial charge is 0.251 e. The Labute approximate surface area is 194 Å². The number of ether oxygens (including phenoxy) is 1. The van der Waals surface area contributed by atoms with E-state index in [1.54, 1.807) is 24.3 Å². The van der Waals surface area contributed by atoms with E-state index in [1.165, 1.54) is 29.9 Å². The Morgan fingerprint density at radius 3 is 2.21 bits per heavy atom. The van der Waals surface area contributed by atoms with E-state index in [2.05, 4.69) is 16.7 Å². The number of imide groups is 1. The molecule has 176 valence electrons. The number of halogens is 1. The fourth-order valence-corrected chi connectivity index (χ4v) is 4.53. The zero-order valence-electron chi connectivity index (χ0n) is 19.2. The highest BCUT2D eigenvalue weighted by atomic mass is 19.1. The number of amides is 2. The summed E-state index contributed by atoms with van der Waals surface area (Å²) in [5, 5.41) is 0. The maximum Gasteiger partial charge on any atom is 0.251 e. The van der Waals surface area contributed by atoms with Gasteiger partial charge in [0.05, 0.1) is 24.8 Å². The second kappa shape index (κ2) is 10.8. The van der Waals surface area contributed by atoms with Gasteiger partial charge in [-0.15, -0.1) is 0 Å². The first-order chi connectivity index (χ1) is 16.1. The molecule has 1 atom stereocenters. The van der Waals surface area contributed by atoms with Crippen LogP contribution in [0.3, 0.4) is 0 Å². The summed E-state index contributed by atoms with van der Waals surface area (Å²) in [4.78, 5) is 31.4. The van der Waals surface area contributed by atoms with Crippen LogP contribution in [0, 0.1) is 5.82 Å². The molecule has 2 heterocycles. The van der Waals surface area contributed by atoms with Gasteiger partial charge in [0.25, 0.3) is 5.91 Å². The summed E-state index contributed by atoms with van der Waals surface area (Å²) < 4.78 is 19.0. The molecular formula is C26H32FN3O3. The summed E-state index contributed by atoms with van der Waals surface area (Å²) in [6.45, 7) is 5.67. The molecule has 4 rings (SSSR count). The lowest BCUT2D eigenvalue weighted by atomic mass is 10.1. The van der Waals surface area contributed by atoms with Crippen LogP contribution in [0.1, 0.15) is 39.0 Å². The minimum absolute atomic E-state index is 0.163. The van der Waals surface area contributed by atoms with Crippen LogP contribution in [0.2, 0.25) is 0 Å². The van der Waals surface area contributed by atoms with Crippen molar-refractivity contribution in [2.24, 2.45) is 0 Å². The van der Waals surface area contributed by atoms with Crippen molar-refractivity contribution in [1.82, 2.24) is 4.90 Å². The van der Waals surface area contributed by atoms with Gasteiger partial charge in [-0.3, -0.25) is 14.5 Å². The molecule has 2 aromatic rings. The average Bonchev–Trinajstić information content (AvgIpc) is 3.14. The predicted molar refractivity (Wildman–Crippen MR) is 127 cm³/mol. The van der Waals surface area contributed by atoms with Gasteiger partial charge in [-0.2, -0.15) is 0 Å². The lowest BCUT2D eigenvalue weighted by molar-refractivity contribution is -0.123. The molecule has 7 heteroatoms. The van der Waals surface area contributed by atoms with E-state index in [1.807, 2.05) is 12.1 Å². The molecule has 2 amide bonds. The summed E-state index contributed by atoms with van der Waals surface area (Å²) in [5.41, 5.74) is 1.56. The molecule has 0 radical (unpaired) electrons. The number of nitrogens with zero attached hydrogens (tertiary/aromatic N) is 3. The molecule has 2 aliphatic rings. The van der Waals surface area contributed by atoms with Crippen LogP contribution in [0.25, 0.3) is 0 Å². The van der Waals surface area contributed by atoms with E-state index in [0.717, 1.165) is 37.4 Å². The molecular weight excluding hydrogens is 421 g/mol. The molecule has 33 heavy (non-hydrogen) atoms. The third-order valence-corrected chi connectivity index (χ3v) is 6.43. The zero-order valence-corrected chi connectivity index (χ0v) is 19.2. The van der Waals surface area contributed by atoms with Gasteiger partial charge in [0.15, 0.2) is 0 Å². The van der Waals surface area contributed by atoms with Gasteiger partial charge >= 0.3 is 0 Å². The summed E-state index contributed by atoms with van der Waals surface area (Å²) in [6, 6.07) is 13.3. The number of rotatable bonds is 9. The summed E-state index contributed by atoms with van der Waals surface area (Å²) in [7, 11) is 0. The van der Waals surface area contributed by atoms with Gasteiger partial charge in [-0.05, 0) is 55.0 Å². The highest BCUT2D eigenvalue weighted by Crippen LogP contribution is 2.28. The number of unbranched alkanes of at least 4 members (excludes halogenated alkanes) is 3. The first-order valence-electron chi connectivity index (χ1n) is 11.9. The lowest BCUT2D eigenvalue weighted by Crippen LogP contribution is -2.52. The van der Waals surface area contributed by atoms with Gasteiger partial charge in [0.1, 0.15) is 11.6 Å². The van der Waals surface area contributed by atoms with Crippen LogP contribution in [0.5, 0.6) is 5.75 Å². The SMILES string of the molecule is CCCCCCOc1ccc(N2C(=O)C[C@@H](N3CCN(c4ccc(F)cc4)CC3)C2=O)cc1. The molecule has 0 aromatic heterocycles. The standard InChI is InChI=1S/C26H32FN3O3/c1-2-3-4-5-18-33-23-12-10-22(11-13-23)30-25(31)19-24(26(30)32)29-16-14-28(15-17-29)21-8-6-20(27)7-9-21/h6-13,24H,2-5,14-19H2,1H3/t24-/m1/s1. The maximum absolute atomic E-state index is 13.2. The number of anilines is 2. The molecule has 6 nitrogen and oxygen atoms in total. The first kappa shape index (κ1) is 23.2. The van der Waals surface area contributed by atoms with Gasteiger partial charge in [-0.25, -0.2) is 9.29 Å². The van der Waals surface area contributed by atoms with Crippen molar-refractivity contribution in [2.75, 3.05) is 42.6 Å². The summed E-state index contributed by atoms with van der Waals surface area (Å²) in [6.07, 6.45) is 4.78. The largest absolute Gasteiger partial charge is 0.494 e. The topological polar surface area (TPSA) is 53.1 Å². The van der Waals surface area contributed by atoms with Crippen molar-refractivity contribution in [2.45, 2.75) is 45.1 Å². The van der Waals surface area contributed by atoms with Gasteiger partial charge in [-0.1, -0.05) is 26.2 Å². The van der Waals surface area contributed by atoms with E-state index < -0.39 is 6.04 Å². The van der Waals surface area contributed by atoms with Crippen LogP contribution < -0.4 is 14.5 Å². The van der Waals surface area contributed by atoms with Crippen LogP contribution >= 0.6 is 0 Å². The molecule has 0 unspecified atom stereocenters. The monoisotopic (exact) mass is 453 g/mol. The highest BCUT2D eigenvalue weighted by molar-refractivity contribution is 6.22. The van der Waals surface area contributed by atoms with E-state index in [9.17, 15) is 14.0 Å². The van der Waals surface area contributed by atoms with Gasteiger partial charge in [0.2, 0.25) is 5.91 Å². The van der Waals surface area contributed by atoms with Crippen molar-refractivity contribution in [3.63, 3.8) is 0 Å². The number of carbonyl (C=O) groups excluding carboxylic acids is 2. The molecule has 2 aliphatic heterocycles. The molecule has 0 aliphatic carbocycles. The molecule has 0 N–H and O–H groups in total. The Morgan fingerprint density at radius 1 is 0.879 bits per heavy atom. The normalized spacial score (nSPS) is 19.4. The second-order valence-electron chi connectivity index (χ2n) is 8.69. The van der Waals surface area contributed by atoms with E-state index in [-0.39, 0.29) is 24.1 Å². The molecule has 2 fully saturated rings. The van der Waals surface area contributed by atoms with Crippen LogP contribution in [-0.4, -0.2) is 55.5 Å². The third-order valence-electron chi connectivity index (χ3n) is 6.43. The van der Waals surface area contributed by atoms with Gasteiger partial charge in [0, 0.05) is 31.9 Å². The number of benzene rings is 2. The fourth-order valence-electron chi connectivity index (χ4n) is 4.53. The van der Waals surface area contributed by atoms with Crippen LogP contribution in [0.4, 0.5) is 15.8 Å². The average molecular weight is 454 g/mol. The molecule has 0 bridgehead atoms. The zero-order chi connectivity index (χ0) is 23.2. The van der Waals surface area contributed by atoms with Gasteiger partial charge < -0.3 is 9.64 Å². The molecule has 2 aromatic carbocycles. The Hall–Kier alpha value is -2.93. The first-order valence-corrected chi connectivity index (χ1v) is 11.9. The van der Waals surface area contributed by atoms with Crippen molar-refractivity contribution in [1.29, 1.82) is 0 Å². The van der Waals surface area contributed by atoms with E-state index in [4.69, 9.17) is 4.74 Å². The van der Waals surface area contributed by atoms with Crippen molar-refractivity contribution in [3.05, 3.63) is 54.3 Å². The number of piperazine rings is 1. The maximum atomic E-state index is 13.2. The summed E-state index contributed by atoms with van der Waals surface area (Å²) >= 11 is 0. The minimum atomic E-state index is -0.428. The predicted octanol–water partition coefficient (Wildman–Crippen LogP) is 4.24. The number of hydrogen-bond acceptors (Lipinski definition) is 5. The lowest BCUT2D eigenvalue weighted by Gasteiger charge is -2.38. The second-order valence-corrected chi connectivity index (χ2v) is 8.69. The highest BCUT2D eigenvalue weighted by Gasteiger charge is 2.43. The number of hydrogen-bond donors (Lipinski definition) is 0. The van der Waals surface area contributed by atoms with Crippen LogP contribution in [-0.2, 0) is 9.59 Å². The Kier molecular flexibility index (Phi) is 7.60. The minimum Gasteiger partial charge on any atom is -0.494 e. The Bertz CT molecular complexity index is 940. The van der Waals surface area contributed by atoms with E-state index >= 15 is 0 Å². The fraction of sp³-hybridized carbons (Fsp3) is 0.462. The molecule has 0 saturated carbocycles. The molecule has 0 spiro atoms. The number of carbonyl (C=O) groups is 2. The Morgan fingerprint density at radius 2 is 1.55 bits per heavy atom.